The Morgan fingerprint density at radius 3 is 2.54 bits per heavy atom. The number of fused-ring (bicyclic) bond motifs is 1. The first kappa shape index (κ1) is 26.9. The van der Waals surface area contributed by atoms with Crippen LogP contribution in [0.25, 0.3) is 23.1 Å². The summed E-state index contributed by atoms with van der Waals surface area (Å²) in [6, 6.07) is 16.4. The minimum absolute atomic E-state index is 0.105. The summed E-state index contributed by atoms with van der Waals surface area (Å²) in [5, 5.41) is 4.32. The van der Waals surface area contributed by atoms with Crippen LogP contribution in [0.2, 0.25) is 5.02 Å². The van der Waals surface area contributed by atoms with E-state index >= 15 is 0 Å². The number of benzene rings is 3. The molecule has 0 atom stereocenters. The summed E-state index contributed by atoms with van der Waals surface area (Å²) in [5.74, 6) is 1.54. The maximum atomic E-state index is 13.4. The molecule has 5 rings (SSSR count). The Hall–Kier alpha value is -3.72. The van der Waals surface area contributed by atoms with Crippen LogP contribution < -0.4 is 14.8 Å². The number of nitrogens with zero attached hydrogens (tertiary/aromatic N) is 3. The summed E-state index contributed by atoms with van der Waals surface area (Å²) >= 11 is 5.87. The molecule has 1 aromatic heterocycles. The van der Waals surface area contributed by atoms with Gasteiger partial charge >= 0.3 is 0 Å². The summed E-state index contributed by atoms with van der Waals surface area (Å²) in [4.78, 5) is 11.3. The molecule has 39 heavy (non-hydrogen) atoms. The molecule has 0 aliphatic carbocycles. The highest BCUT2D eigenvalue weighted by atomic mass is 35.5. The number of hydrogen-bond acceptors (Lipinski definition) is 7. The first-order chi connectivity index (χ1) is 19.1. The first-order valence-corrected chi connectivity index (χ1v) is 13.2. The third-order valence-electron chi connectivity index (χ3n) is 6.49. The van der Waals surface area contributed by atoms with Crippen molar-refractivity contribution in [1.29, 1.82) is 0 Å². The Kier molecular flexibility index (Phi) is 8.88. The van der Waals surface area contributed by atoms with E-state index in [2.05, 4.69) is 20.2 Å². The molecular weight excluding hydrogens is 519 g/mol. The Morgan fingerprint density at radius 1 is 1.00 bits per heavy atom. The monoisotopic (exact) mass is 548 g/mol. The van der Waals surface area contributed by atoms with Crippen LogP contribution in [0, 0.1) is 5.82 Å². The molecule has 202 valence electrons. The summed E-state index contributed by atoms with van der Waals surface area (Å²) in [7, 11) is 1.63. The molecule has 4 aromatic rings. The molecule has 0 bridgehead atoms. The predicted molar refractivity (Wildman–Crippen MR) is 154 cm³/mol. The van der Waals surface area contributed by atoms with E-state index in [0.29, 0.717) is 23.9 Å². The van der Waals surface area contributed by atoms with Crippen molar-refractivity contribution in [2.45, 2.75) is 6.42 Å². The smallest absolute Gasteiger partial charge is 0.162 e. The topological polar surface area (TPSA) is 68.7 Å². The molecule has 1 aliphatic rings. The lowest BCUT2D eigenvalue weighted by Crippen LogP contribution is -2.37. The van der Waals surface area contributed by atoms with Crippen molar-refractivity contribution < 1.29 is 18.6 Å². The number of methoxy groups -OCH3 is 1. The highest BCUT2D eigenvalue weighted by molar-refractivity contribution is 6.30. The van der Waals surface area contributed by atoms with E-state index in [4.69, 9.17) is 25.8 Å². The first-order valence-electron chi connectivity index (χ1n) is 12.8. The largest absolute Gasteiger partial charge is 0.493 e. The standard InChI is InChI=1S/C30H30ClFN4O3/c1-37-28-19-27-24(18-29(28)39-14-2-11-36-12-15-38-16-13-36)30(34-20-33-27)35-23-8-5-21(6-9-23)3-4-22-7-10-26(32)25(31)17-22/h3-10,17-20H,2,11-16H2,1H3,(H,33,34,35)/b4-3+. The van der Waals surface area contributed by atoms with Gasteiger partial charge in [-0.2, -0.15) is 0 Å². The molecule has 0 amide bonds. The Bertz CT molecular complexity index is 1440. The van der Waals surface area contributed by atoms with E-state index in [0.717, 1.165) is 67.0 Å². The molecular formula is C30H30ClFN4O3. The van der Waals surface area contributed by atoms with Crippen molar-refractivity contribution in [2.24, 2.45) is 0 Å². The van der Waals surface area contributed by atoms with Gasteiger partial charge < -0.3 is 19.5 Å². The third kappa shape index (κ3) is 7.03. The second-order valence-corrected chi connectivity index (χ2v) is 9.56. The van der Waals surface area contributed by atoms with Crippen LogP contribution in [-0.2, 0) is 4.74 Å². The average molecular weight is 549 g/mol. The van der Waals surface area contributed by atoms with Crippen LogP contribution in [0.3, 0.4) is 0 Å². The van der Waals surface area contributed by atoms with Gasteiger partial charge in [0, 0.05) is 36.8 Å². The Labute approximate surface area is 232 Å². The van der Waals surface area contributed by atoms with Gasteiger partial charge in [0.1, 0.15) is 18.0 Å². The van der Waals surface area contributed by atoms with Crippen molar-refractivity contribution in [3.05, 3.63) is 82.9 Å². The molecule has 7 nitrogen and oxygen atoms in total. The van der Waals surface area contributed by atoms with Crippen LogP contribution in [0.1, 0.15) is 17.5 Å². The van der Waals surface area contributed by atoms with Crippen LogP contribution in [0.4, 0.5) is 15.9 Å². The Balaban J connectivity index is 1.27. The van der Waals surface area contributed by atoms with Gasteiger partial charge in [-0.15, -0.1) is 0 Å². The Morgan fingerprint density at radius 2 is 1.77 bits per heavy atom. The van der Waals surface area contributed by atoms with Crippen molar-refractivity contribution in [3.63, 3.8) is 0 Å². The fraction of sp³-hybridized carbons (Fsp3) is 0.267. The van der Waals surface area contributed by atoms with Crippen LogP contribution >= 0.6 is 11.6 Å². The van der Waals surface area contributed by atoms with E-state index in [1.807, 2.05) is 48.6 Å². The average Bonchev–Trinajstić information content (AvgIpc) is 2.97. The maximum absolute atomic E-state index is 13.4. The van der Waals surface area contributed by atoms with E-state index in [-0.39, 0.29) is 5.02 Å². The van der Waals surface area contributed by atoms with Gasteiger partial charge in [-0.25, -0.2) is 14.4 Å². The molecule has 1 N–H and O–H groups in total. The lowest BCUT2D eigenvalue weighted by atomic mass is 10.1. The minimum atomic E-state index is -0.428. The van der Waals surface area contributed by atoms with Crippen molar-refractivity contribution >= 4 is 46.2 Å². The van der Waals surface area contributed by atoms with Crippen molar-refractivity contribution in [3.8, 4) is 11.5 Å². The van der Waals surface area contributed by atoms with E-state index in [1.54, 1.807) is 19.2 Å². The molecule has 3 aromatic carbocycles. The van der Waals surface area contributed by atoms with Gasteiger partial charge in [-0.1, -0.05) is 42.0 Å². The zero-order valence-corrected chi connectivity index (χ0v) is 22.5. The number of ether oxygens (including phenoxy) is 3. The molecule has 0 unspecified atom stereocenters. The summed E-state index contributed by atoms with van der Waals surface area (Å²) in [6.45, 7) is 5.06. The van der Waals surface area contributed by atoms with E-state index in [9.17, 15) is 4.39 Å². The molecule has 0 spiro atoms. The molecule has 1 aliphatic heterocycles. The lowest BCUT2D eigenvalue weighted by Gasteiger charge is -2.26. The predicted octanol–water partition coefficient (Wildman–Crippen LogP) is 6.45. The second-order valence-electron chi connectivity index (χ2n) is 9.15. The van der Waals surface area contributed by atoms with Gasteiger partial charge in [0.25, 0.3) is 0 Å². The molecule has 9 heteroatoms. The number of anilines is 2. The van der Waals surface area contributed by atoms with Gasteiger partial charge in [0.2, 0.25) is 0 Å². The lowest BCUT2D eigenvalue weighted by molar-refractivity contribution is 0.0357. The van der Waals surface area contributed by atoms with Crippen LogP contribution in [0.15, 0.2) is 60.9 Å². The molecule has 1 saturated heterocycles. The number of rotatable bonds is 10. The number of nitrogens with one attached hydrogen (secondary N) is 1. The number of aromatic nitrogens is 2. The van der Waals surface area contributed by atoms with Crippen molar-refractivity contribution in [1.82, 2.24) is 14.9 Å². The van der Waals surface area contributed by atoms with E-state index < -0.39 is 5.82 Å². The highest BCUT2D eigenvalue weighted by Gasteiger charge is 2.13. The zero-order chi connectivity index (χ0) is 27.0. The molecule has 0 radical (unpaired) electrons. The second kappa shape index (κ2) is 12.9. The van der Waals surface area contributed by atoms with E-state index in [1.165, 1.54) is 12.4 Å². The number of halogens is 2. The van der Waals surface area contributed by atoms with Gasteiger partial charge in [-0.3, -0.25) is 4.90 Å². The van der Waals surface area contributed by atoms with Gasteiger partial charge in [0.15, 0.2) is 11.5 Å². The molecule has 1 fully saturated rings. The molecule has 2 heterocycles. The number of morpholine rings is 1. The highest BCUT2D eigenvalue weighted by Crippen LogP contribution is 2.35. The van der Waals surface area contributed by atoms with Crippen LogP contribution in [-0.4, -0.2) is 61.4 Å². The van der Waals surface area contributed by atoms with Crippen LogP contribution in [0.5, 0.6) is 11.5 Å². The zero-order valence-electron chi connectivity index (χ0n) is 21.7. The van der Waals surface area contributed by atoms with Gasteiger partial charge in [-0.05, 0) is 47.9 Å². The summed E-state index contributed by atoms with van der Waals surface area (Å²) < 4.78 is 30.5. The molecule has 0 saturated carbocycles. The van der Waals surface area contributed by atoms with Crippen molar-refractivity contribution in [2.75, 3.05) is 51.9 Å². The fourth-order valence-corrected chi connectivity index (χ4v) is 4.54. The number of hydrogen-bond donors (Lipinski definition) is 1. The summed E-state index contributed by atoms with van der Waals surface area (Å²) in [5.41, 5.74) is 3.44. The minimum Gasteiger partial charge on any atom is -0.493 e. The SMILES string of the molecule is COc1cc2ncnc(Nc3ccc(/C=C/c4ccc(F)c(Cl)c4)cc3)c2cc1OCCCN1CCOCC1. The summed E-state index contributed by atoms with van der Waals surface area (Å²) in [6.07, 6.45) is 6.27. The quantitative estimate of drug-likeness (QED) is 0.180. The maximum Gasteiger partial charge on any atom is 0.162 e. The van der Waals surface area contributed by atoms with Gasteiger partial charge in [0.05, 0.1) is 37.5 Å². The normalized spacial score (nSPS) is 14.1. The fourth-order valence-electron chi connectivity index (χ4n) is 4.35. The third-order valence-corrected chi connectivity index (χ3v) is 6.78.